The van der Waals surface area contributed by atoms with E-state index in [1.54, 1.807) is 13.8 Å². The van der Waals surface area contributed by atoms with Crippen LogP contribution in [0.3, 0.4) is 0 Å². The molecule has 0 radical (unpaired) electrons. The van der Waals surface area contributed by atoms with Gasteiger partial charge in [-0.1, -0.05) is 34.1 Å². The Kier molecular flexibility index (Phi) is 4.54. The van der Waals surface area contributed by atoms with E-state index >= 15 is 0 Å². The van der Waals surface area contributed by atoms with Crippen LogP contribution in [0.25, 0.3) is 0 Å². The Labute approximate surface area is 159 Å². The summed E-state index contributed by atoms with van der Waals surface area (Å²) >= 11 is 0. The zero-order chi connectivity index (χ0) is 20.3. The summed E-state index contributed by atoms with van der Waals surface area (Å²) in [5, 5.41) is 32.4. The average molecular weight is 376 g/mol. The van der Waals surface area contributed by atoms with E-state index in [0.29, 0.717) is 6.42 Å². The summed E-state index contributed by atoms with van der Waals surface area (Å²) in [6.45, 7) is 7.02. The maximum absolute atomic E-state index is 13.1. The van der Waals surface area contributed by atoms with Crippen LogP contribution in [0.2, 0.25) is 0 Å². The van der Waals surface area contributed by atoms with Crippen LogP contribution in [-0.4, -0.2) is 40.6 Å². The predicted octanol–water partition coefficient (Wildman–Crippen LogP) is 3.05. The van der Waals surface area contributed by atoms with Gasteiger partial charge in [-0.15, -0.1) is 0 Å². The number of ketones is 2. The fraction of sp³-hybridized carbons (Fsp3) is 0.619. The van der Waals surface area contributed by atoms with Crippen LogP contribution in [0.1, 0.15) is 74.4 Å². The Morgan fingerprint density at radius 1 is 1.15 bits per heavy atom. The lowest BCUT2D eigenvalue weighted by atomic mass is 9.49. The van der Waals surface area contributed by atoms with E-state index in [-0.39, 0.29) is 39.9 Å². The van der Waals surface area contributed by atoms with Crippen LogP contribution in [-0.2, 0) is 10.2 Å². The van der Waals surface area contributed by atoms with Gasteiger partial charge >= 0.3 is 0 Å². The summed E-state index contributed by atoms with van der Waals surface area (Å²) in [5.41, 5.74) is -1.36. The van der Waals surface area contributed by atoms with Crippen LogP contribution in [0.4, 0.5) is 0 Å². The maximum Gasteiger partial charge on any atom is 0.233 e. The lowest BCUT2D eigenvalue weighted by Crippen LogP contribution is -2.58. The first-order valence-electron chi connectivity index (χ1n) is 9.40. The monoisotopic (exact) mass is 376 g/mol. The van der Waals surface area contributed by atoms with Gasteiger partial charge in [0.15, 0.2) is 11.5 Å². The molecule has 2 aliphatic rings. The normalized spacial score (nSPS) is 26.7. The molecule has 2 atom stereocenters. The smallest absolute Gasteiger partial charge is 0.233 e. The molecule has 27 heavy (non-hydrogen) atoms. The minimum absolute atomic E-state index is 0.0957. The van der Waals surface area contributed by atoms with Crippen LogP contribution < -0.4 is 4.74 Å². The molecule has 0 spiro atoms. The van der Waals surface area contributed by atoms with Crippen molar-refractivity contribution in [1.82, 2.24) is 0 Å². The molecule has 0 heterocycles. The number of methoxy groups -OCH3 is 1. The minimum Gasteiger partial charge on any atom is -0.507 e. The summed E-state index contributed by atoms with van der Waals surface area (Å²) in [7, 11) is 1.39. The molecule has 148 valence electrons. The molecule has 0 bridgehead atoms. The lowest BCUT2D eigenvalue weighted by Gasteiger charge is -2.53. The van der Waals surface area contributed by atoms with E-state index in [1.165, 1.54) is 7.11 Å². The van der Waals surface area contributed by atoms with Crippen molar-refractivity contribution in [3.8, 4) is 17.2 Å². The number of carbonyl (C=O) groups is 2. The summed E-state index contributed by atoms with van der Waals surface area (Å²) in [6.07, 6.45) is 1.92. The third kappa shape index (κ3) is 2.42. The van der Waals surface area contributed by atoms with Crippen molar-refractivity contribution in [3.05, 3.63) is 16.7 Å². The first-order chi connectivity index (χ1) is 12.5. The van der Waals surface area contributed by atoms with Gasteiger partial charge in [0.1, 0.15) is 5.75 Å². The summed E-state index contributed by atoms with van der Waals surface area (Å²) in [4.78, 5) is 26.1. The Hall–Kier alpha value is -2.08. The van der Waals surface area contributed by atoms with Crippen LogP contribution >= 0.6 is 0 Å². The zero-order valence-electron chi connectivity index (χ0n) is 16.5. The second kappa shape index (κ2) is 6.23. The van der Waals surface area contributed by atoms with Crippen LogP contribution in [0.15, 0.2) is 0 Å². The molecule has 3 N–H and O–H groups in total. The Bertz CT molecular complexity index is 823. The molecule has 1 fully saturated rings. The van der Waals surface area contributed by atoms with Crippen molar-refractivity contribution in [3.63, 3.8) is 0 Å². The number of benzene rings is 1. The van der Waals surface area contributed by atoms with E-state index in [1.807, 2.05) is 13.8 Å². The molecule has 3 rings (SSSR count). The molecule has 0 unspecified atom stereocenters. The zero-order valence-corrected chi connectivity index (χ0v) is 16.5. The fourth-order valence-electron chi connectivity index (χ4n) is 5.44. The number of phenolic OH excluding ortho intramolecular Hbond substituents is 2. The molecular formula is C21H28O6. The lowest BCUT2D eigenvalue weighted by molar-refractivity contribution is -0.130. The Morgan fingerprint density at radius 2 is 1.78 bits per heavy atom. The SMILES string of the molecule is COc1c(O)c2c(c(O)c1C(C)C)C(=O)C(=O)[C@H]1C(C)(C)CCC[C@]21CO. The number of hydrogen-bond donors (Lipinski definition) is 3. The molecular weight excluding hydrogens is 348 g/mol. The molecule has 6 heteroatoms. The van der Waals surface area contributed by atoms with Gasteiger partial charge in [0.2, 0.25) is 11.6 Å². The molecule has 0 saturated heterocycles. The average Bonchev–Trinajstić information content (AvgIpc) is 2.59. The van der Waals surface area contributed by atoms with E-state index in [0.717, 1.165) is 12.8 Å². The van der Waals surface area contributed by atoms with Gasteiger partial charge in [-0.2, -0.15) is 0 Å². The maximum atomic E-state index is 13.1. The third-order valence-electron chi connectivity index (χ3n) is 6.49. The van der Waals surface area contributed by atoms with Crippen LogP contribution in [0.5, 0.6) is 17.2 Å². The van der Waals surface area contributed by atoms with Crippen LogP contribution in [0, 0.1) is 11.3 Å². The van der Waals surface area contributed by atoms with Gasteiger partial charge in [-0.3, -0.25) is 9.59 Å². The van der Waals surface area contributed by atoms with E-state index < -0.39 is 34.9 Å². The minimum atomic E-state index is -1.12. The number of aromatic hydroxyl groups is 2. The highest BCUT2D eigenvalue weighted by Gasteiger charge is 2.61. The van der Waals surface area contributed by atoms with Crippen molar-refractivity contribution >= 4 is 11.6 Å². The summed E-state index contributed by atoms with van der Waals surface area (Å²) in [5.74, 6) is -2.90. The number of rotatable bonds is 3. The number of carbonyl (C=O) groups excluding carboxylic acids is 2. The van der Waals surface area contributed by atoms with Crippen molar-refractivity contribution in [1.29, 1.82) is 0 Å². The number of aliphatic hydroxyl groups is 1. The number of ether oxygens (including phenoxy) is 1. The Balaban J connectivity index is 2.48. The van der Waals surface area contributed by atoms with Crippen molar-refractivity contribution in [2.24, 2.45) is 11.3 Å². The van der Waals surface area contributed by atoms with E-state index in [2.05, 4.69) is 0 Å². The molecule has 0 amide bonds. The number of Topliss-reactive ketones (excluding diaryl/α,β-unsaturated/α-hetero) is 2. The second-order valence-electron chi connectivity index (χ2n) is 8.83. The largest absolute Gasteiger partial charge is 0.507 e. The highest BCUT2D eigenvalue weighted by atomic mass is 16.5. The second-order valence-corrected chi connectivity index (χ2v) is 8.83. The van der Waals surface area contributed by atoms with Gasteiger partial charge in [-0.25, -0.2) is 0 Å². The molecule has 1 saturated carbocycles. The van der Waals surface area contributed by atoms with Gasteiger partial charge in [0, 0.05) is 22.5 Å². The quantitative estimate of drug-likeness (QED) is 0.553. The predicted molar refractivity (Wildman–Crippen MR) is 99.6 cm³/mol. The number of fused-ring (bicyclic) bond motifs is 3. The van der Waals surface area contributed by atoms with Gasteiger partial charge in [0.05, 0.1) is 19.3 Å². The van der Waals surface area contributed by atoms with Crippen molar-refractivity contribution < 1.29 is 29.6 Å². The summed E-state index contributed by atoms with van der Waals surface area (Å²) < 4.78 is 5.38. The standard InChI is InChI=1S/C21H28O6/c1-10(2)11-14(23)12-13(16(25)18(11)27-5)21(9-22)8-6-7-20(3,4)19(21)17(26)15(12)24/h10,19,22-23,25H,6-9H2,1-5H3/t19-,21-/m0/s1. The third-order valence-corrected chi connectivity index (χ3v) is 6.49. The molecule has 0 aliphatic heterocycles. The number of hydrogen-bond acceptors (Lipinski definition) is 6. The topological polar surface area (TPSA) is 104 Å². The molecule has 6 nitrogen and oxygen atoms in total. The first kappa shape index (κ1) is 19.7. The molecule has 0 aromatic heterocycles. The Morgan fingerprint density at radius 3 is 2.30 bits per heavy atom. The van der Waals surface area contributed by atoms with E-state index in [9.17, 15) is 24.9 Å². The highest BCUT2D eigenvalue weighted by Crippen LogP contribution is 2.61. The fourth-order valence-corrected chi connectivity index (χ4v) is 5.44. The molecule has 1 aromatic rings. The number of phenols is 2. The van der Waals surface area contributed by atoms with Gasteiger partial charge < -0.3 is 20.1 Å². The molecule has 2 aliphatic carbocycles. The summed E-state index contributed by atoms with van der Waals surface area (Å²) in [6, 6.07) is 0. The van der Waals surface area contributed by atoms with Crippen molar-refractivity contribution in [2.75, 3.05) is 13.7 Å². The van der Waals surface area contributed by atoms with E-state index in [4.69, 9.17) is 4.74 Å². The first-order valence-corrected chi connectivity index (χ1v) is 9.40. The van der Waals surface area contributed by atoms with Crippen molar-refractivity contribution in [2.45, 2.75) is 58.3 Å². The molecule has 1 aromatic carbocycles. The van der Waals surface area contributed by atoms with Gasteiger partial charge in [-0.05, 0) is 24.2 Å². The highest BCUT2D eigenvalue weighted by molar-refractivity contribution is 6.47. The van der Waals surface area contributed by atoms with Gasteiger partial charge in [0.25, 0.3) is 0 Å². The number of aliphatic hydroxyl groups excluding tert-OH is 1.